The number of aliphatic hydroxyl groups excluding tert-OH is 4. The molecule has 8 heteroatoms. The van der Waals surface area contributed by atoms with Crippen LogP contribution in [0.15, 0.2) is 11.8 Å². The molecule has 0 unspecified atom stereocenters. The van der Waals surface area contributed by atoms with Gasteiger partial charge in [0.1, 0.15) is 30.7 Å². The molecule has 1 aliphatic carbocycles. The SMILES string of the molecule is C[C@H]1CC[C@@H]2C(C=O)=CO[C@@H](O[C@H]3O[C@@H](CO)[C@H](O)[C@@H](O)[C@@H]3O)[C@@H]21. The van der Waals surface area contributed by atoms with Crippen molar-refractivity contribution < 1.29 is 39.4 Å². The first-order valence-electron chi connectivity index (χ1n) is 8.24. The molecule has 2 fully saturated rings. The maximum Gasteiger partial charge on any atom is 0.205 e. The zero-order valence-electron chi connectivity index (χ0n) is 13.4. The quantitative estimate of drug-likeness (QED) is 0.474. The number of ether oxygens (including phenoxy) is 3. The zero-order valence-corrected chi connectivity index (χ0v) is 13.4. The summed E-state index contributed by atoms with van der Waals surface area (Å²) >= 11 is 0. The van der Waals surface area contributed by atoms with Crippen molar-refractivity contribution in [2.45, 2.75) is 56.8 Å². The van der Waals surface area contributed by atoms with Crippen LogP contribution in [0.4, 0.5) is 0 Å². The zero-order chi connectivity index (χ0) is 17.4. The van der Waals surface area contributed by atoms with Crippen molar-refractivity contribution in [1.82, 2.24) is 0 Å². The van der Waals surface area contributed by atoms with Gasteiger partial charge in [-0.15, -0.1) is 0 Å². The van der Waals surface area contributed by atoms with Crippen LogP contribution in [0.2, 0.25) is 0 Å². The third kappa shape index (κ3) is 2.98. The second kappa shape index (κ2) is 7.07. The van der Waals surface area contributed by atoms with Gasteiger partial charge in [-0.05, 0) is 24.7 Å². The van der Waals surface area contributed by atoms with E-state index in [-0.39, 0.29) is 17.8 Å². The Balaban J connectivity index is 1.75. The number of allylic oxidation sites excluding steroid dienone is 1. The molecule has 0 aromatic heterocycles. The molecule has 0 amide bonds. The molecule has 0 aromatic rings. The molecule has 0 aromatic carbocycles. The van der Waals surface area contributed by atoms with E-state index in [2.05, 4.69) is 0 Å². The van der Waals surface area contributed by atoms with Gasteiger partial charge >= 0.3 is 0 Å². The Morgan fingerprint density at radius 3 is 2.62 bits per heavy atom. The number of fused-ring (bicyclic) bond motifs is 1. The minimum absolute atomic E-state index is 0.0288. The van der Waals surface area contributed by atoms with Gasteiger partial charge in [0, 0.05) is 11.5 Å². The molecular formula is C16H24O8. The second-order valence-electron chi connectivity index (χ2n) is 6.81. The standard InChI is InChI=1S/C16H24O8/c1-7-2-3-9-8(4-17)6-22-15(11(7)9)24-16-14(21)13(20)12(19)10(5-18)23-16/h4,6-7,9-16,18-21H,2-3,5H2,1H3/t7-,9+,10-,11+,12-,13+,14-,15-,16+/m0/s1. The second-order valence-corrected chi connectivity index (χ2v) is 6.81. The van der Waals surface area contributed by atoms with Crippen molar-refractivity contribution in [2.75, 3.05) is 6.61 Å². The van der Waals surface area contributed by atoms with E-state index in [1.165, 1.54) is 6.26 Å². The number of aldehydes is 1. The van der Waals surface area contributed by atoms with E-state index in [1.54, 1.807) is 0 Å². The minimum Gasteiger partial charge on any atom is -0.472 e. The Morgan fingerprint density at radius 1 is 1.21 bits per heavy atom. The minimum atomic E-state index is -1.50. The van der Waals surface area contributed by atoms with Gasteiger partial charge in [-0.1, -0.05) is 6.92 Å². The number of carbonyl (C=O) groups excluding carboxylic acids is 1. The number of hydrogen-bond donors (Lipinski definition) is 4. The van der Waals surface area contributed by atoms with Crippen LogP contribution in [-0.4, -0.2) is 70.3 Å². The van der Waals surface area contributed by atoms with Crippen LogP contribution in [0.3, 0.4) is 0 Å². The topological polar surface area (TPSA) is 126 Å². The van der Waals surface area contributed by atoms with Crippen LogP contribution < -0.4 is 0 Å². The van der Waals surface area contributed by atoms with Crippen LogP contribution in [0.25, 0.3) is 0 Å². The fraction of sp³-hybridized carbons (Fsp3) is 0.812. The van der Waals surface area contributed by atoms with Gasteiger partial charge in [0.15, 0.2) is 6.29 Å². The maximum atomic E-state index is 11.2. The Hall–Kier alpha value is -1.03. The van der Waals surface area contributed by atoms with Gasteiger partial charge in [-0.25, -0.2) is 0 Å². The Kier molecular flexibility index (Phi) is 5.24. The average Bonchev–Trinajstić information content (AvgIpc) is 2.98. The van der Waals surface area contributed by atoms with Crippen LogP contribution in [-0.2, 0) is 19.0 Å². The van der Waals surface area contributed by atoms with E-state index < -0.39 is 43.6 Å². The number of rotatable bonds is 4. The normalized spacial score (nSPS) is 48.4. The fourth-order valence-electron chi connectivity index (χ4n) is 3.94. The predicted molar refractivity (Wildman–Crippen MR) is 79.3 cm³/mol. The Labute approximate surface area is 139 Å². The van der Waals surface area contributed by atoms with Gasteiger partial charge < -0.3 is 34.6 Å². The Morgan fingerprint density at radius 2 is 1.96 bits per heavy atom. The predicted octanol–water partition coefficient (Wildman–Crippen LogP) is -1.10. The summed E-state index contributed by atoms with van der Waals surface area (Å²) in [5.74, 6) is 0.220. The maximum absolute atomic E-state index is 11.2. The number of hydrogen-bond acceptors (Lipinski definition) is 8. The van der Waals surface area contributed by atoms with Gasteiger partial charge in [0.25, 0.3) is 0 Å². The summed E-state index contributed by atoms with van der Waals surface area (Å²) in [6.45, 7) is 1.53. The summed E-state index contributed by atoms with van der Waals surface area (Å²) in [4.78, 5) is 11.2. The van der Waals surface area contributed by atoms with Crippen molar-refractivity contribution in [3.8, 4) is 0 Å². The van der Waals surface area contributed by atoms with Gasteiger partial charge in [-0.3, -0.25) is 4.79 Å². The average molecular weight is 344 g/mol. The molecule has 3 aliphatic rings. The number of aliphatic hydroxyl groups is 4. The van der Waals surface area contributed by atoms with Gasteiger partial charge in [0.05, 0.1) is 12.9 Å². The summed E-state index contributed by atoms with van der Waals surface area (Å²) < 4.78 is 16.6. The highest BCUT2D eigenvalue weighted by Crippen LogP contribution is 2.46. The van der Waals surface area contributed by atoms with E-state index in [0.717, 1.165) is 19.1 Å². The summed E-state index contributed by atoms with van der Waals surface area (Å²) in [5, 5.41) is 39.0. The summed E-state index contributed by atoms with van der Waals surface area (Å²) in [5.41, 5.74) is 0.595. The lowest BCUT2D eigenvalue weighted by Gasteiger charge is -2.43. The number of carbonyl (C=O) groups is 1. The fourth-order valence-corrected chi connectivity index (χ4v) is 3.94. The lowest BCUT2D eigenvalue weighted by molar-refractivity contribution is -0.342. The summed E-state index contributed by atoms with van der Waals surface area (Å²) in [7, 11) is 0. The smallest absolute Gasteiger partial charge is 0.205 e. The van der Waals surface area contributed by atoms with Crippen LogP contribution in [0, 0.1) is 17.8 Å². The van der Waals surface area contributed by atoms with E-state index in [0.29, 0.717) is 5.57 Å². The summed E-state index contributed by atoms with van der Waals surface area (Å²) in [6, 6.07) is 0. The third-order valence-corrected chi connectivity index (χ3v) is 5.39. The largest absolute Gasteiger partial charge is 0.472 e. The molecule has 2 aliphatic heterocycles. The van der Waals surface area contributed by atoms with Crippen molar-refractivity contribution in [3.63, 3.8) is 0 Å². The third-order valence-electron chi connectivity index (χ3n) is 5.39. The van der Waals surface area contributed by atoms with E-state index >= 15 is 0 Å². The molecule has 1 saturated heterocycles. The molecule has 4 N–H and O–H groups in total. The van der Waals surface area contributed by atoms with Crippen LogP contribution >= 0.6 is 0 Å². The molecule has 24 heavy (non-hydrogen) atoms. The van der Waals surface area contributed by atoms with Crippen molar-refractivity contribution in [1.29, 1.82) is 0 Å². The highest BCUT2D eigenvalue weighted by Gasteiger charge is 2.49. The monoisotopic (exact) mass is 344 g/mol. The lowest BCUT2D eigenvalue weighted by Crippen LogP contribution is -2.60. The molecule has 0 spiro atoms. The molecular weight excluding hydrogens is 320 g/mol. The van der Waals surface area contributed by atoms with E-state index in [9.17, 15) is 25.2 Å². The van der Waals surface area contributed by atoms with Crippen molar-refractivity contribution >= 4 is 6.29 Å². The van der Waals surface area contributed by atoms with Gasteiger partial charge in [-0.2, -0.15) is 0 Å². The molecule has 9 atom stereocenters. The first-order valence-corrected chi connectivity index (χ1v) is 8.24. The molecule has 1 saturated carbocycles. The molecule has 2 heterocycles. The first kappa shape index (κ1) is 17.8. The van der Waals surface area contributed by atoms with E-state index in [1.807, 2.05) is 6.92 Å². The van der Waals surface area contributed by atoms with E-state index in [4.69, 9.17) is 14.2 Å². The van der Waals surface area contributed by atoms with Crippen LogP contribution in [0.1, 0.15) is 19.8 Å². The molecule has 0 bridgehead atoms. The lowest BCUT2D eigenvalue weighted by atomic mass is 9.84. The molecule has 3 rings (SSSR count). The van der Waals surface area contributed by atoms with Crippen molar-refractivity contribution in [3.05, 3.63) is 11.8 Å². The first-order chi connectivity index (χ1) is 11.5. The summed E-state index contributed by atoms with van der Waals surface area (Å²) in [6.07, 6.45) is -3.47. The Bertz CT molecular complexity index is 492. The molecule has 136 valence electrons. The molecule has 8 nitrogen and oxygen atoms in total. The van der Waals surface area contributed by atoms with Crippen molar-refractivity contribution in [2.24, 2.45) is 17.8 Å². The highest BCUT2D eigenvalue weighted by molar-refractivity contribution is 5.74. The molecule has 0 radical (unpaired) electrons. The van der Waals surface area contributed by atoms with Gasteiger partial charge in [0.2, 0.25) is 6.29 Å². The van der Waals surface area contributed by atoms with Crippen LogP contribution in [0.5, 0.6) is 0 Å². The highest BCUT2D eigenvalue weighted by atomic mass is 16.8.